The molecule has 0 saturated carbocycles. The van der Waals surface area contributed by atoms with Crippen molar-refractivity contribution < 1.29 is 9.21 Å². The molecule has 1 aliphatic rings. The highest BCUT2D eigenvalue weighted by molar-refractivity contribution is 7.99. The fourth-order valence-corrected chi connectivity index (χ4v) is 3.93. The predicted molar refractivity (Wildman–Crippen MR) is 101 cm³/mol. The summed E-state index contributed by atoms with van der Waals surface area (Å²) in [5, 5.41) is 0.544. The van der Waals surface area contributed by atoms with Crippen LogP contribution in [0.5, 0.6) is 0 Å². The SMILES string of the molecule is CC(SCc1ncc(-c2ccc(Cl)cc2)o1)C(=O)N1CCCC1CN. The van der Waals surface area contributed by atoms with Crippen molar-refractivity contribution in [3.8, 4) is 11.3 Å². The van der Waals surface area contributed by atoms with Gasteiger partial charge < -0.3 is 15.1 Å². The van der Waals surface area contributed by atoms with Gasteiger partial charge in [-0.1, -0.05) is 11.6 Å². The summed E-state index contributed by atoms with van der Waals surface area (Å²) in [4.78, 5) is 18.8. The zero-order valence-electron chi connectivity index (χ0n) is 14.2. The Hall–Kier alpha value is -1.50. The van der Waals surface area contributed by atoms with E-state index in [0.29, 0.717) is 29.0 Å². The van der Waals surface area contributed by atoms with Gasteiger partial charge in [0.15, 0.2) is 5.76 Å². The highest BCUT2D eigenvalue weighted by atomic mass is 35.5. The Morgan fingerprint density at radius 1 is 1.48 bits per heavy atom. The van der Waals surface area contributed by atoms with Gasteiger partial charge in [-0.05, 0) is 44.0 Å². The Balaban J connectivity index is 1.56. The predicted octanol–water partition coefficient (Wildman–Crippen LogP) is 3.57. The topological polar surface area (TPSA) is 72.4 Å². The molecule has 1 amide bonds. The normalized spacial score (nSPS) is 18.5. The van der Waals surface area contributed by atoms with Gasteiger partial charge in [-0.15, -0.1) is 11.8 Å². The molecule has 2 N–H and O–H groups in total. The Morgan fingerprint density at radius 3 is 2.96 bits per heavy atom. The maximum atomic E-state index is 12.6. The minimum absolute atomic E-state index is 0.141. The van der Waals surface area contributed by atoms with Crippen LogP contribution in [-0.4, -0.2) is 40.2 Å². The number of hydrogen-bond acceptors (Lipinski definition) is 5. The van der Waals surface area contributed by atoms with E-state index in [1.54, 1.807) is 6.20 Å². The van der Waals surface area contributed by atoms with E-state index in [1.807, 2.05) is 36.1 Å². The summed E-state index contributed by atoms with van der Waals surface area (Å²) in [5.41, 5.74) is 6.69. The average molecular weight is 380 g/mol. The summed E-state index contributed by atoms with van der Waals surface area (Å²) in [6.45, 7) is 3.28. The summed E-state index contributed by atoms with van der Waals surface area (Å²) in [5.74, 6) is 2.03. The van der Waals surface area contributed by atoms with Crippen LogP contribution in [0.2, 0.25) is 5.02 Å². The van der Waals surface area contributed by atoms with Crippen molar-refractivity contribution in [2.24, 2.45) is 5.73 Å². The molecule has 0 spiro atoms. The van der Waals surface area contributed by atoms with Gasteiger partial charge in [-0.25, -0.2) is 4.98 Å². The molecule has 1 fully saturated rings. The number of nitrogens with zero attached hydrogens (tertiary/aromatic N) is 2. The van der Waals surface area contributed by atoms with Crippen LogP contribution < -0.4 is 5.73 Å². The number of halogens is 1. The molecular formula is C18H22ClN3O2S. The highest BCUT2D eigenvalue weighted by Gasteiger charge is 2.30. The molecule has 7 heteroatoms. The minimum atomic E-state index is -0.141. The van der Waals surface area contributed by atoms with Gasteiger partial charge in [0.05, 0.1) is 17.2 Å². The van der Waals surface area contributed by atoms with Crippen LogP contribution in [0.1, 0.15) is 25.7 Å². The van der Waals surface area contributed by atoms with Crippen molar-refractivity contribution in [1.82, 2.24) is 9.88 Å². The van der Waals surface area contributed by atoms with Crippen LogP contribution in [0.4, 0.5) is 0 Å². The molecule has 2 unspecified atom stereocenters. The van der Waals surface area contributed by atoms with Gasteiger partial charge in [-0.3, -0.25) is 4.79 Å². The molecule has 5 nitrogen and oxygen atoms in total. The number of likely N-dealkylation sites (tertiary alicyclic amines) is 1. The van der Waals surface area contributed by atoms with Crippen molar-refractivity contribution in [2.45, 2.75) is 36.8 Å². The van der Waals surface area contributed by atoms with E-state index < -0.39 is 0 Å². The quantitative estimate of drug-likeness (QED) is 0.830. The van der Waals surface area contributed by atoms with Gasteiger partial charge in [0, 0.05) is 29.7 Å². The lowest BCUT2D eigenvalue weighted by atomic mass is 10.2. The number of thioether (sulfide) groups is 1. The first-order valence-corrected chi connectivity index (χ1v) is 9.84. The Bertz CT molecular complexity index is 719. The minimum Gasteiger partial charge on any atom is -0.440 e. The lowest BCUT2D eigenvalue weighted by molar-refractivity contribution is -0.130. The smallest absolute Gasteiger partial charge is 0.235 e. The molecule has 2 atom stereocenters. The fourth-order valence-electron chi connectivity index (χ4n) is 3.00. The molecule has 0 bridgehead atoms. The van der Waals surface area contributed by atoms with Crippen molar-refractivity contribution in [3.63, 3.8) is 0 Å². The molecule has 0 radical (unpaired) electrons. The lowest BCUT2D eigenvalue weighted by Crippen LogP contribution is -2.43. The fraction of sp³-hybridized carbons (Fsp3) is 0.444. The second-order valence-electron chi connectivity index (χ2n) is 6.14. The summed E-state index contributed by atoms with van der Waals surface area (Å²) >= 11 is 7.44. The number of amides is 1. The molecule has 1 saturated heterocycles. The van der Waals surface area contributed by atoms with Crippen LogP contribution in [0.25, 0.3) is 11.3 Å². The van der Waals surface area contributed by atoms with Crippen molar-refractivity contribution >= 4 is 29.3 Å². The second-order valence-corrected chi connectivity index (χ2v) is 7.91. The first-order valence-electron chi connectivity index (χ1n) is 8.41. The second kappa shape index (κ2) is 8.25. The van der Waals surface area contributed by atoms with Gasteiger partial charge in [0.2, 0.25) is 11.8 Å². The zero-order valence-corrected chi connectivity index (χ0v) is 15.7. The van der Waals surface area contributed by atoms with Crippen molar-refractivity contribution in [3.05, 3.63) is 41.4 Å². The first kappa shape index (κ1) is 18.3. The standard InChI is InChI=1S/C18H22ClN3O2S/c1-12(18(23)22-8-2-3-15(22)9-20)25-11-17-21-10-16(24-17)13-4-6-14(19)7-5-13/h4-7,10,12,15H,2-3,8-9,11,20H2,1H3. The maximum absolute atomic E-state index is 12.6. The summed E-state index contributed by atoms with van der Waals surface area (Å²) in [7, 11) is 0. The van der Waals surface area contributed by atoms with Gasteiger partial charge in [-0.2, -0.15) is 0 Å². The number of carbonyl (C=O) groups is 1. The number of nitrogens with two attached hydrogens (primary N) is 1. The molecule has 134 valence electrons. The number of benzene rings is 1. The van der Waals surface area contributed by atoms with E-state index in [1.165, 1.54) is 11.8 Å². The lowest BCUT2D eigenvalue weighted by Gasteiger charge is -2.26. The molecular weight excluding hydrogens is 358 g/mol. The molecule has 25 heavy (non-hydrogen) atoms. The Kier molecular flexibility index (Phi) is 6.04. The number of hydrogen-bond donors (Lipinski definition) is 1. The van der Waals surface area contributed by atoms with Gasteiger partial charge >= 0.3 is 0 Å². The van der Waals surface area contributed by atoms with Crippen molar-refractivity contribution in [1.29, 1.82) is 0 Å². The largest absolute Gasteiger partial charge is 0.440 e. The first-order chi connectivity index (χ1) is 12.1. The van der Waals surface area contributed by atoms with E-state index in [-0.39, 0.29) is 17.2 Å². The molecule has 2 heterocycles. The number of oxazole rings is 1. The van der Waals surface area contributed by atoms with Crippen LogP contribution in [0.3, 0.4) is 0 Å². The van der Waals surface area contributed by atoms with E-state index in [4.69, 9.17) is 21.8 Å². The molecule has 1 aromatic carbocycles. The van der Waals surface area contributed by atoms with Gasteiger partial charge in [0.1, 0.15) is 0 Å². The molecule has 3 rings (SSSR count). The van der Waals surface area contributed by atoms with Crippen LogP contribution in [0, 0.1) is 0 Å². The number of carbonyl (C=O) groups excluding carboxylic acids is 1. The van der Waals surface area contributed by atoms with Crippen LogP contribution in [0.15, 0.2) is 34.9 Å². The third-order valence-corrected chi connectivity index (χ3v) is 5.79. The number of rotatable bonds is 6. The van der Waals surface area contributed by atoms with E-state index in [2.05, 4.69) is 4.98 Å². The number of aromatic nitrogens is 1. The van der Waals surface area contributed by atoms with E-state index in [0.717, 1.165) is 24.9 Å². The third kappa shape index (κ3) is 4.37. The van der Waals surface area contributed by atoms with Gasteiger partial charge in [0.25, 0.3) is 0 Å². The monoisotopic (exact) mass is 379 g/mol. The summed E-state index contributed by atoms with van der Waals surface area (Å²) < 4.78 is 5.79. The van der Waals surface area contributed by atoms with Crippen LogP contribution >= 0.6 is 23.4 Å². The van der Waals surface area contributed by atoms with E-state index in [9.17, 15) is 4.79 Å². The summed E-state index contributed by atoms with van der Waals surface area (Å²) in [6.07, 6.45) is 3.75. The third-order valence-electron chi connectivity index (χ3n) is 4.42. The molecule has 2 aromatic rings. The van der Waals surface area contributed by atoms with E-state index >= 15 is 0 Å². The highest BCUT2D eigenvalue weighted by Crippen LogP contribution is 2.26. The zero-order chi connectivity index (χ0) is 17.8. The Morgan fingerprint density at radius 2 is 2.24 bits per heavy atom. The summed E-state index contributed by atoms with van der Waals surface area (Å²) in [6, 6.07) is 7.61. The van der Waals surface area contributed by atoms with Crippen LogP contribution in [-0.2, 0) is 10.5 Å². The molecule has 1 aliphatic heterocycles. The van der Waals surface area contributed by atoms with Crippen molar-refractivity contribution in [2.75, 3.05) is 13.1 Å². The average Bonchev–Trinajstić information content (AvgIpc) is 3.28. The molecule has 0 aliphatic carbocycles. The molecule has 1 aromatic heterocycles. The Labute approximate surface area is 156 Å². The maximum Gasteiger partial charge on any atom is 0.235 e.